The van der Waals surface area contributed by atoms with Crippen LogP contribution in [0.4, 0.5) is 5.69 Å². The van der Waals surface area contributed by atoms with Gasteiger partial charge in [-0.15, -0.1) is 0 Å². The molecule has 0 aliphatic carbocycles. The number of rotatable bonds is 1. The van der Waals surface area contributed by atoms with Gasteiger partial charge in [0.05, 0.1) is 0 Å². The van der Waals surface area contributed by atoms with Gasteiger partial charge < -0.3 is 5.32 Å². The summed E-state index contributed by atoms with van der Waals surface area (Å²) in [5.74, 6) is 0.492. The van der Waals surface area contributed by atoms with Crippen molar-refractivity contribution in [2.45, 2.75) is 18.8 Å². The summed E-state index contributed by atoms with van der Waals surface area (Å²) in [5, 5.41) is 4.43. The van der Waals surface area contributed by atoms with Crippen LogP contribution >= 0.6 is 11.6 Å². The van der Waals surface area contributed by atoms with E-state index in [1.165, 1.54) is 16.8 Å². The van der Waals surface area contributed by atoms with Gasteiger partial charge in [-0.2, -0.15) is 0 Å². The number of benzene rings is 2. The molecular formula is C16H16ClN. The molecule has 1 heterocycles. The molecule has 0 amide bonds. The van der Waals surface area contributed by atoms with Crippen molar-refractivity contribution in [2.75, 3.05) is 11.9 Å². The standard InChI is InChI=1S/C16H16ClN/c17-15-7-3-2-6-14(15)13-10-9-12-5-1-4-8-16(12)18-11-13/h1-8,13,18H,9-11H2/t13-/m1/s1. The second kappa shape index (κ2) is 5.03. The Morgan fingerprint density at radius 3 is 2.67 bits per heavy atom. The number of hydrogen-bond acceptors (Lipinski definition) is 1. The third-order valence-electron chi connectivity index (χ3n) is 3.66. The molecule has 2 aromatic rings. The minimum atomic E-state index is 0.492. The van der Waals surface area contributed by atoms with Gasteiger partial charge in [-0.1, -0.05) is 48.0 Å². The fourth-order valence-electron chi connectivity index (χ4n) is 2.65. The van der Waals surface area contributed by atoms with Gasteiger partial charge in [0.15, 0.2) is 0 Å². The summed E-state index contributed by atoms with van der Waals surface area (Å²) >= 11 is 6.29. The molecule has 1 aliphatic rings. The Kier molecular flexibility index (Phi) is 3.24. The molecule has 0 unspecified atom stereocenters. The fourth-order valence-corrected chi connectivity index (χ4v) is 2.94. The SMILES string of the molecule is Clc1ccccc1[C@@H]1CCc2ccccc2NC1. The molecular weight excluding hydrogens is 242 g/mol. The third kappa shape index (κ3) is 2.23. The average Bonchev–Trinajstić information content (AvgIpc) is 2.62. The lowest BCUT2D eigenvalue weighted by Gasteiger charge is -2.16. The van der Waals surface area contributed by atoms with E-state index in [0.29, 0.717) is 5.92 Å². The number of aryl methyl sites for hydroxylation is 1. The van der Waals surface area contributed by atoms with Gasteiger partial charge in [0.1, 0.15) is 0 Å². The first-order valence-electron chi connectivity index (χ1n) is 6.41. The maximum absolute atomic E-state index is 6.29. The highest BCUT2D eigenvalue weighted by atomic mass is 35.5. The van der Waals surface area contributed by atoms with Crippen molar-refractivity contribution in [3.05, 3.63) is 64.7 Å². The van der Waals surface area contributed by atoms with Crippen molar-refractivity contribution in [3.8, 4) is 0 Å². The molecule has 92 valence electrons. The molecule has 18 heavy (non-hydrogen) atoms. The molecule has 0 saturated heterocycles. The van der Waals surface area contributed by atoms with Crippen LogP contribution in [0, 0.1) is 0 Å². The predicted molar refractivity (Wildman–Crippen MR) is 77.4 cm³/mol. The second-order valence-electron chi connectivity index (χ2n) is 4.80. The highest BCUT2D eigenvalue weighted by molar-refractivity contribution is 6.31. The minimum Gasteiger partial charge on any atom is -0.384 e. The number of nitrogens with one attached hydrogen (secondary N) is 1. The number of hydrogen-bond donors (Lipinski definition) is 1. The van der Waals surface area contributed by atoms with Crippen molar-refractivity contribution in [1.29, 1.82) is 0 Å². The van der Waals surface area contributed by atoms with Gasteiger partial charge in [0.25, 0.3) is 0 Å². The molecule has 0 radical (unpaired) electrons. The van der Waals surface area contributed by atoms with Gasteiger partial charge >= 0.3 is 0 Å². The Bertz CT molecular complexity index is 523. The van der Waals surface area contributed by atoms with Gasteiger partial charge in [-0.3, -0.25) is 0 Å². The van der Waals surface area contributed by atoms with Crippen molar-refractivity contribution in [1.82, 2.24) is 0 Å². The highest BCUT2D eigenvalue weighted by Crippen LogP contribution is 2.32. The van der Waals surface area contributed by atoms with Gasteiger partial charge in [-0.25, -0.2) is 0 Å². The summed E-state index contributed by atoms with van der Waals surface area (Å²) in [6.07, 6.45) is 2.26. The average molecular weight is 258 g/mol. The molecule has 0 saturated carbocycles. The Labute approximate surface area is 113 Å². The quantitative estimate of drug-likeness (QED) is 0.794. The lowest BCUT2D eigenvalue weighted by atomic mass is 9.93. The molecule has 0 fully saturated rings. The zero-order valence-corrected chi connectivity index (χ0v) is 11.0. The van der Waals surface area contributed by atoms with E-state index in [1.54, 1.807) is 0 Å². The van der Waals surface area contributed by atoms with Gasteiger partial charge in [0, 0.05) is 23.2 Å². The molecule has 1 aliphatic heterocycles. The maximum atomic E-state index is 6.29. The summed E-state index contributed by atoms with van der Waals surface area (Å²) in [5.41, 5.74) is 3.94. The summed E-state index contributed by atoms with van der Waals surface area (Å²) in [4.78, 5) is 0. The van der Waals surface area contributed by atoms with Crippen LogP contribution in [0.5, 0.6) is 0 Å². The zero-order valence-electron chi connectivity index (χ0n) is 10.2. The lowest BCUT2D eigenvalue weighted by Crippen LogP contribution is -2.11. The summed E-state index contributed by atoms with van der Waals surface area (Å²) < 4.78 is 0. The number of para-hydroxylation sites is 1. The molecule has 1 atom stereocenters. The highest BCUT2D eigenvalue weighted by Gasteiger charge is 2.18. The van der Waals surface area contributed by atoms with E-state index in [-0.39, 0.29) is 0 Å². The summed E-state index contributed by atoms with van der Waals surface area (Å²) in [7, 11) is 0. The lowest BCUT2D eigenvalue weighted by molar-refractivity contribution is 0.666. The Morgan fingerprint density at radius 1 is 1.00 bits per heavy atom. The zero-order chi connectivity index (χ0) is 12.4. The van der Waals surface area contributed by atoms with E-state index in [2.05, 4.69) is 41.7 Å². The van der Waals surface area contributed by atoms with Crippen LogP contribution in [-0.2, 0) is 6.42 Å². The van der Waals surface area contributed by atoms with E-state index in [9.17, 15) is 0 Å². The Morgan fingerprint density at radius 2 is 1.78 bits per heavy atom. The second-order valence-corrected chi connectivity index (χ2v) is 5.20. The van der Waals surface area contributed by atoms with E-state index < -0.39 is 0 Å². The Balaban J connectivity index is 1.85. The van der Waals surface area contributed by atoms with E-state index in [4.69, 9.17) is 11.6 Å². The summed E-state index contributed by atoms with van der Waals surface area (Å²) in [6.45, 7) is 0.959. The molecule has 1 N–H and O–H groups in total. The third-order valence-corrected chi connectivity index (χ3v) is 4.01. The molecule has 0 aromatic heterocycles. The van der Waals surface area contributed by atoms with Crippen LogP contribution in [0.1, 0.15) is 23.5 Å². The molecule has 3 rings (SSSR count). The van der Waals surface area contributed by atoms with Crippen LogP contribution in [-0.4, -0.2) is 6.54 Å². The molecule has 2 aromatic carbocycles. The number of halogens is 1. The number of fused-ring (bicyclic) bond motifs is 1. The van der Waals surface area contributed by atoms with Gasteiger partial charge in [-0.05, 0) is 36.1 Å². The molecule has 0 bridgehead atoms. The van der Waals surface area contributed by atoms with Crippen LogP contribution in [0.2, 0.25) is 5.02 Å². The first kappa shape index (κ1) is 11.6. The normalized spacial score (nSPS) is 18.6. The molecule has 0 spiro atoms. The summed E-state index contributed by atoms with van der Waals surface area (Å²) in [6, 6.07) is 16.7. The van der Waals surface area contributed by atoms with Crippen LogP contribution in [0.25, 0.3) is 0 Å². The minimum absolute atomic E-state index is 0.492. The maximum Gasteiger partial charge on any atom is 0.0441 e. The van der Waals surface area contributed by atoms with Crippen molar-refractivity contribution < 1.29 is 0 Å². The van der Waals surface area contributed by atoms with E-state index in [1.807, 2.05) is 12.1 Å². The van der Waals surface area contributed by atoms with Gasteiger partial charge in [0.2, 0.25) is 0 Å². The fraction of sp³-hybridized carbons (Fsp3) is 0.250. The van der Waals surface area contributed by atoms with Crippen molar-refractivity contribution >= 4 is 17.3 Å². The smallest absolute Gasteiger partial charge is 0.0441 e. The molecule has 2 heteroatoms. The van der Waals surface area contributed by atoms with Crippen LogP contribution in [0.15, 0.2) is 48.5 Å². The topological polar surface area (TPSA) is 12.0 Å². The van der Waals surface area contributed by atoms with Crippen LogP contribution < -0.4 is 5.32 Å². The first-order valence-corrected chi connectivity index (χ1v) is 6.78. The first-order chi connectivity index (χ1) is 8.84. The Hall–Kier alpha value is -1.47. The predicted octanol–water partition coefficient (Wildman–Crippen LogP) is 4.48. The largest absolute Gasteiger partial charge is 0.384 e. The molecule has 1 nitrogen and oxygen atoms in total. The van der Waals surface area contributed by atoms with E-state index >= 15 is 0 Å². The van der Waals surface area contributed by atoms with E-state index in [0.717, 1.165) is 24.4 Å². The monoisotopic (exact) mass is 257 g/mol. The van der Waals surface area contributed by atoms with Crippen molar-refractivity contribution in [3.63, 3.8) is 0 Å². The number of anilines is 1. The van der Waals surface area contributed by atoms with Crippen molar-refractivity contribution in [2.24, 2.45) is 0 Å². The van der Waals surface area contributed by atoms with Crippen LogP contribution in [0.3, 0.4) is 0 Å².